The summed E-state index contributed by atoms with van der Waals surface area (Å²) in [6.45, 7) is 3.29. The Bertz CT molecular complexity index is 584. The van der Waals surface area contributed by atoms with E-state index in [-0.39, 0.29) is 0 Å². The minimum absolute atomic E-state index is 0.531. The zero-order valence-electron chi connectivity index (χ0n) is 12.3. The Kier molecular flexibility index (Phi) is 4.58. The zero-order valence-corrected chi connectivity index (χ0v) is 12.3. The molecule has 2 rings (SSSR count). The number of pyridine rings is 1. The Hall–Kier alpha value is -2.07. The van der Waals surface area contributed by atoms with Crippen LogP contribution < -0.4 is 15.4 Å². The van der Waals surface area contributed by atoms with Gasteiger partial charge < -0.3 is 15.4 Å². The fourth-order valence-electron chi connectivity index (χ4n) is 2.16. The second kappa shape index (κ2) is 6.39. The largest absolute Gasteiger partial charge is 0.497 e. The zero-order chi connectivity index (χ0) is 14.5. The summed E-state index contributed by atoms with van der Waals surface area (Å²) in [7, 11) is 3.71. The molecule has 0 radical (unpaired) electrons. The van der Waals surface area contributed by atoms with E-state index in [4.69, 9.17) is 10.5 Å². The van der Waals surface area contributed by atoms with Crippen LogP contribution in [0, 0.1) is 6.92 Å². The highest BCUT2D eigenvalue weighted by atomic mass is 16.5. The Labute approximate surface area is 120 Å². The molecule has 2 N–H and O–H groups in total. The number of aromatic nitrogens is 1. The maximum absolute atomic E-state index is 5.72. The molecule has 4 heteroatoms. The van der Waals surface area contributed by atoms with Crippen molar-refractivity contribution < 1.29 is 4.74 Å². The molecule has 1 aromatic heterocycles. The highest BCUT2D eigenvalue weighted by Crippen LogP contribution is 2.18. The van der Waals surface area contributed by atoms with Crippen LogP contribution in [0.2, 0.25) is 0 Å². The molecule has 0 unspecified atom stereocenters. The van der Waals surface area contributed by atoms with Gasteiger partial charge >= 0.3 is 0 Å². The Morgan fingerprint density at radius 2 is 2.00 bits per heavy atom. The summed E-state index contributed by atoms with van der Waals surface area (Å²) < 4.78 is 5.25. The van der Waals surface area contributed by atoms with E-state index in [1.54, 1.807) is 7.11 Å². The average molecular weight is 271 g/mol. The molecule has 0 amide bonds. The van der Waals surface area contributed by atoms with E-state index >= 15 is 0 Å². The molecule has 20 heavy (non-hydrogen) atoms. The molecule has 0 aliphatic heterocycles. The summed E-state index contributed by atoms with van der Waals surface area (Å²) in [5.74, 6) is 1.81. The van der Waals surface area contributed by atoms with Gasteiger partial charge in [-0.1, -0.05) is 12.1 Å². The van der Waals surface area contributed by atoms with Crippen LogP contribution in [0.1, 0.15) is 16.8 Å². The molecule has 0 aliphatic carbocycles. The first-order chi connectivity index (χ1) is 9.62. The topological polar surface area (TPSA) is 51.4 Å². The molecule has 0 atom stereocenters. The molecule has 106 valence electrons. The number of rotatable bonds is 5. The van der Waals surface area contributed by atoms with Crippen LogP contribution in [-0.4, -0.2) is 19.1 Å². The van der Waals surface area contributed by atoms with Gasteiger partial charge in [-0.25, -0.2) is 4.98 Å². The van der Waals surface area contributed by atoms with E-state index < -0.39 is 0 Å². The van der Waals surface area contributed by atoms with Crippen molar-refractivity contribution in [1.29, 1.82) is 0 Å². The third-order valence-electron chi connectivity index (χ3n) is 3.18. The van der Waals surface area contributed by atoms with Crippen molar-refractivity contribution in [1.82, 2.24) is 4.98 Å². The first-order valence-electron chi connectivity index (χ1n) is 6.64. The van der Waals surface area contributed by atoms with E-state index in [0.717, 1.165) is 29.4 Å². The van der Waals surface area contributed by atoms with E-state index in [1.807, 2.05) is 44.3 Å². The van der Waals surface area contributed by atoms with Crippen molar-refractivity contribution in [2.75, 3.05) is 19.1 Å². The number of ether oxygens (including phenoxy) is 1. The van der Waals surface area contributed by atoms with Gasteiger partial charge in [0, 0.05) is 25.8 Å². The number of hydrogen-bond donors (Lipinski definition) is 1. The lowest BCUT2D eigenvalue weighted by molar-refractivity contribution is 0.414. The monoisotopic (exact) mass is 271 g/mol. The second-order valence-corrected chi connectivity index (χ2v) is 4.89. The second-order valence-electron chi connectivity index (χ2n) is 4.89. The van der Waals surface area contributed by atoms with Crippen molar-refractivity contribution in [2.45, 2.75) is 20.0 Å². The van der Waals surface area contributed by atoms with Crippen LogP contribution in [0.4, 0.5) is 5.82 Å². The van der Waals surface area contributed by atoms with E-state index in [2.05, 4.69) is 16.0 Å². The lowest BCUT2D eigenvalue weighted by atomic mass is 10.2. The van der Waals surface area contributed by atoms with Gasteiger partial charge in [0.25, 0.3) is 0 Å². The molecule has 0 bridgehead atoms. The molecular formula is C16H21N3O. The third-order valence-corrected chi connectivity index (χ3v) is 3.18. The maximum atomic E-state index is 5.72. The summed E-state index contributed by atoms with van der Waals surface area (Å²) in [4.78, 5) is 6.67. The van der Waals surface area contributed by atoms with Crippen LogP contribution in [-0.2, 0) is 13.1 Å². The van der Waals surface area contributed by atoms with Crippen LogP contribution >= 0.6 is 0 Å². The summed E-state index contributed by atoms with van der Waals surface area (Å²) in [6, 6.07) is 12.1. The van der Waals surface area contributed by atoms with Crippen molar-refractivity contribution >= 4 is 5.82 Å². The highest BCUT2D eigenvalue weighted by molar-refractivity contribution is 5.43. The first kappa shape index (κ1) is 14.3. The van der Waals surface area contributed by atoms with Crippen molar-refractivity contribution in [2.24, 2.45) is 5.73 Å². The van der Waals surface area contributed by atoms with Crippen LogP contribution in [0.25, 0.3) is 0 Å². The molecule has 0 saturated heterocycles. The van der Waals surface area contributed by atoms with Gasteiger partial charge in [0.15, 0.2) is 0 Å². The van der Waals surface area contributed by atoms with Gasteiger partial charge in [-0.2, -0.15) is 0 Å². The number of aryl methyl sites for hydroxylation is 1. The average Bonchev–Trinajstić information content (AvgIpc) is 2.46. The van der Waals surface area contributed by atoms with Crippen LogP contribution in [0.3, 0.4) is 0 Å². The fourth-order valence-corrected chi connectivity index (χ4v) is 2.16. The van der Waals surface area contributed by atoms with Crippen LogP contribution in [0.15, 0.2) is 36.4 Å². The number of nitrogens with zero attached hydrogens (tertiary/aromatic N) is 2. The lowest BCUT2D eigenvalue weighted by Crippen LogP contribution is -2.18. The maximum Gasteiger partial charge on any atom is 0.129 e. The number of methoxy groups -OCH3 is 1. The Morgan fingerprint density at radius 1 is 1.20 bits per heavy atom. The minimum atomic E-state index is 0.531. The molecule has 1 aromatic carbocycles. The van der Waals surface area contributed by atoms with Crippen molar-refractivity contribution in [3.63, 3.8) is 0 Å². The number of benzene rings is 1. The van der Waals surface area contributed by atoms with E-state index in [1.165, 1.54) is 5.56 Å². The SMILES string of the molecule is COc1cccc(CN(C)c2cc(CN)cc(C)n2)c1. The predicted molar refractivity (Wildman–Crippen MR) is 82.0 cm³/mol. The van der Waals surface area contributed by atoms with E-state index in [0.29, 0.717) is 6.54 Å². The number of nitrogens with two attached hydrogens (primary N) is 1. The third kappa shape index (κ3) is 3.48. The summed E-state index contributed by atoms with van der Waals surface area (Å²) in [6.07, 6.45) is 0. The Balaban J connectivity index is 2.18. The van der Waals surface area contributed by atoms with Crippen molar-refractivity contribution in [3.05, 3.63) is 53.2 Å². The summed E-state index contributed by atoms with van der Waals surface area (Å²) >= 11 is 0. The molecule has 0 saturated carbocycles. The molecule has 2 aromatic rings. The quantitative estimate of drug-likeness (QED) is 0.907. The van der Waals surface area contributed by atoms with Crippen LogP contribution in [0.5, 0.6) is 5.75 Å². The fraction of sp³-hybridized carbons (Fsp3) is 0.312. The predicted octanol–water partition coefficient (Wildman–Crippen LogP) is 2.49. The van der Waals surface area contributed by atoms with Gasteiger partial charge in [0.1, 0.15) is 11.6 Å². The number of hydrogen-bond acceptors (Lipinski definition) is 4. The van der Waals surface area contributed by atoms with Gasteiger partial charge in [-0.3, -0.25) is 0 Å². The van der Waals surface area contributed by atoms with E-state index in [9.17, 15) is 0 Å². The lowest BCUT2D eigenvalue weighted by Gasteiger charge is -2.20. The summed E-state index contributed by atoms with van der Waals surface area (Å²) in [5.41, 5.74) is 8.99. The molecule has 1 heterocycles. The molecule has 0 spiro atoms. The van der Waals surface area contributed by atoms with Gasteiger partial charge in [-0.05, 0) is 42.3 Å². The smallest absolute Gasteiger partial charge is 0.129 e. The Morgan fingerprint density at radius 3 is 2.70 bits per heavy atom. The summed E-state index contributed by atoms with van der Waals surface area (Å²) in [5, 5.41) is 0. The molecule has 4 nitrogen and oxygen atoms in total. The normalized spacial score (nSPS) is 10.4. The highest BCUT2D eigenvalue weighted by Gasteiger charge is 2.06. The molecule has 0 aliphatic rings. The molecular weight excluding hydrogens is 250 g/mol. The molecule has 0 fully saturated rings. The van der Waals surface area contributed by atoms with Gasteiger partial charge in [-0.15, -0.1) is 0 Å². The van der Waals surface area contributed by atoms with Gasteiger partial charge in [0.2, 0.25) is 0 Å². The number of anilines is 1. The first-order valence-corrected chi connectivity index (χ1v) is 6.64. The van der Waals surface area contributed by atoms with Gasteiger partial charge in [0.05, 0.1) is 7.11 Å². The standard InChI is InChI=1S/C16H21N3O/c1-12-7-14(10-17)9-16(18-12)19(2)11-13-5-4-6-15(8-13)20-3/h4-9H,10-11,17H2,1-3H3. The van der Waals surface area contributed by atoms with Crippen molar-refractivity contribution in [3.8, 4) is 5.75 Å². The minimum Gasteiger partial charge on any atom is -0.497 e.